The molecular formula is C22H26N4O6S. The third-order valence-electron chi connectivity index (χ3n) is 5.80. The second-order valence-corrected chi connectivity index (χ2v) is 9.60. The smallest absolute Gasteiger partial charge is 0.337 e. The Morgan fingerprint density at radius 3 is 2.30 bits per heavy atom. The number of nitrogens with one attached hydrogen (secondary N) is 1. The number of imide groups is 1. The largest absolute Gasteiger partial charge is 0.479 e. The minimum atomic E-state index is -1.36. The van der Waals surface area contributed by atoms with Gasteiger partial charge in [0.1, 0.15) is 17.0 Å². The maximum atomic E-state index is 12.9. The van der Waals surface area contributed by atoms with Gasteiger partial charge in [0.15, 0.2) is 6.04 Å². The second kappa shape index (κ2) is 8.89. The van der Waals surface area contributed by atoms with E-state index in [1.807, 2.05) is 6.07 Å². The molecule has 3 atom stereocenters. The predicted octanol–water partition coefficient (Wildman–Crippen LogP) is 1.23. The van der Waals surface area contributed by atoms with Gasteiger partial charge in [0.2, 0.25) is 11.8 Å². The first-order valence-corrected chi connectivity index (χ1v) is 11.0. The molecule has 33 heavy (non-hydrogen) atoms. The summed E-state index contributed by atoms with van der Waals surface area (Å²) in [5.74, 6) is -2.87. The molecule has 10 nitrogen and oxygen atoms in total. The fraction of sp³-hybridized carbons (Fsp3) is 0.409. The number of amides is 5. The topological polar surface area (TPSA) is 127 Å². The van der Waals surface area contributed by atoms with Gasteiger partial charge >= 0.3 is 12.0 Å². The molecule has 176 valence electrons. The lowest BCUT2D eigenvalue weighted by Gasteiger charge is -2.49. The first-order valence-electron chi connectivity index (χ1n) is 10.2. The first kappa shape index (κ1) is 24.3. The molecule has 2 fully saturated rings. The quantitative estimate of drug-likeness (QED) is 0.251. The van der Waals surface area contributed by atoms with E-state index in [0.29, 0.717) is 0 Å². The van der Waals surface area contributed by atoms with Crippen LogP contribution in [0.3, 0.4) is 0 Å². The highest BCUT2D eigenvalue weighted by molar-refractivity contribution is 7.98. The zero-order valence-electron chi connectivity index (χ0n) is 18.8. The lowest BCUT2D eigenvalue weighted by atomic mass is 9.99. The number of hydrogen-bond acceptors (Lipinski definition) is 6. The summed E-state index contributed by atoms with van der Waals surface area (Å²) in [6.45, 7) is 8.31. The summed E-state index contributed by atoms with van der Waals surface area (Å²) in [7, 11) is 1.48. The molecule has 5 amide bonds. The minimum Gasteiger partial charge on any atom is -0.479 e. The van der Waals surface area contributed by atoms with Crippen LogP contribution in [0.25, 0.3) is 0 Å². The number of carboxylic acids is 1. The molecule has 2 saturated heterocycles. The Balaban J connectivity index is 1.86. The molecule has 0 radical (unpaired) electrons. The fourth-order valence-electron chi connectivity index (χ4n) is 3.63. The number of rotatable bonds is 8. The first-order chi connectivity index (χ1) is 15.4. The van der Waals surface area contributed by atoms with Gasteiger partial charge in [-0.1, -0.05) is 36.9 Å². The van der Waals surface area contributed by atoms with Crippen molar-refractivity contribution in [1.29, 1.82) is 0 Å². The summed E-state index contributed by atoms with van der Waals surface area (Å²) >= 11 is 0.726. The van der Waals surface area contributed by atoms with Crippen molar-refractivity contribution in [3.05, 3.63) is 48.0 Å². The molecule has 3 unspecified atom stereocenters. The molecule has 0 spiro atoms. The predicted molar refractivity (Wildman–Crippen MR) is 121 cm³/mol. The van der Waals surface area contributed by atoms with Crippen molar-refractivity contribution in [2.75, 3.05) is 7.05 Å². The van der Waals surface area contributed by atoms with Crippen LogP contribution in [0.15, 0.2) is 42.5 Å². The van der Waals surface area contributed by atoms with E-state index < -0.39 is 52.7 Å². The maximum absolute atomic E-state index is 12.9. The summed E-state index contributed by atoms with van der Waals surface area (Å²) in [5, 5.41) is 11.3. The van der Waals surface area contributed by atoms with Crippen LogP contribution in [-0.2, 0) is 25.6 Å². The van der Waals surface area contributed by atoms with Crippen LogP contribution in [0.5, 0.6) is 0 Å². The van der Waals surface area contributed by atoms with Crippen LogP contribution in [0.4, 0.5) is 4.79 Å². The molecule has 0 bridgehead atoms. The molecule has 2 N–H and O–H groups in total. The molecule has 2 heterocycles. The highest BCUT2D eigenvalue weighted by Gasteiger charge is 2.58. The number of benzene rings is 1. The van der Waals surface area contributed by atoms with Crippen molar-refractivity contribution in [3.8, 4) is 0 Å². The minimum absolute atomic E-state index is 0.0161. The van der Waals surface area contributed by atoms with E-state index in [2.05, 4.69) is 11.9 Å². The monoisotopic (exact) mass is 474 g/mol. The number of hydrogen-bond donors (Lipinski definition) is 2. The number of likely N-dealkylation sites (N-methyl/N-ethyl adjacent to an activating group) is 1. The Morgan fingerprint density at radius 2 is 1.82 bits per heavy atom. The average Bonchev–Trinajstić information content (AvgIpc) is 2.89. The summed E-state index contributed by atoms with van der Waals surface area (Å²) in [5.41, 5.74) is -0.163. The Bertz CT molecular complexity index is 1010. The van der Waals surface area contributed by atoms with Gasteiger partial charge in [0, 0.05) is 7.05 Å². The molecule has 2 aliphatic heterocycles. The van der Waals surface area contributed by atoms with Gasteiger partial charge in [-0.15, -0.1) is 0 Å². The number of nitrogens with zero attached hydrogens (tertiary/aromatic N) is 3. The van der Waals surface area contributed by atoms with Crippen molar-refractivity contribution in [2.24, 2.45) is 0 Å². The summed E-state index contributed by atoms with van der Waals surface area (Å²) in [4.78, 5) is 65.2. The zero-order chi connectivity index (χ0) is 24.7. The lowest BCUT2D eigenvalue weighted by Crippen LogP contribution is -2.73. The van der Waals surface area contributed by atoms with Crippen LogP contribution in [0.2, 0.25) is 0 Å². The summed E-state index contributed by atoms with van der Waals surface area (Å²) in [6.07, 6.45) is 0.0161. The van der Waals surface area contributed by atoms with Crippen LogP contribution in [0.1, 0.15) is 26.3 Å². The number of carbonyl (C=O) groups excluding carboxylic acids is 4. The molecule has 0 aromatic heterocycles. The standard InChI is InChI=1S/C22H26N4O6S/c1-12(2)16(19(29)30)25-17(28)15(23-14(27)11-13-9-7-6-8-10-13)18(25)33-26-20(31)22(3,4)24(5)21(26)32/h6-10,15-16,18H,1,11H2,2-5H3,(H,23,27)(H,29,30). The number of likely N-dealkylation sites (tertiary alicyclic amines) is 1. The van der Waals surface area contributed by atoms with E-state index >= 15 is 0 Å². The molecule has 3 rings (SSSR count). The number of carboxylic acid groups (broad SMARTS) is 1. The lowest BCUT2D eigenvalue weighted by molar-refractivity contribution is -0.160. The third kappa shape index (κ3) is 4.32. The van der Waals surface area contributed by atoms with Gasteiger partial charge in [0.05, 0.1) is 6.42 Å². The highest BCUT2D eigenvalue weighted by atomic mass is 32.2. The molecule has 0 aliphatic carbocycles. The van der Waals surface area contributed by atoms with Gasteiger partial charge in [-0.2, -0.15) is 0 Å². The summed E-state index contributed by atoms with van der Waals surface area (Å²) < 4.78 is 0.914. The Kier molecular flexibility index (Phi) is 6.55. The van der Waals surface area contributed by atoms with Crippen molar-refractivity contribution in [2.45, 2.75) is 50.2 Å². The maximum Gasteiger partial charge on any atom is 0.337 e. The SMILES string of the molecule is C=C(C)C(C(=O)O)N1C(=O)C(NC(=O)Cc2ccccc2)C1SN1C(=O)N(C)C(C)(C)C1=O. The van der Waals surface area contributed by atoms with E-state index in [1.165, 1.54) is 18.9 Å². The number of carbonyl (C=O) groups is 5. The zero-order valence-corrected chi connectivity index (χ0v) is 19.6. The van der Waals surface area contributed by atoms with E-state index in [1.54, 1.807) is 38.1 Å². The van der Waals surface area contributed by atoms with Crippen molar-refractivity contribution in [3.63, 3.8) is 0 Å². The fourth-order valence-corrected chi connectivity index (χ4v) is 5.01. The molecule has 1 aromatic rings. The van der Waals surface area contributed by atoms with E-state index in [4.69, 9.17) is 0 Å². The number of aliphatic carboxylic acids is 1. The van der Waals surface area contributed by atoms with Gasteiger partial charge in [-0.05, 0) is 43.9 Å². The van der Waals surface area contributed by atoms with E-state index in [0.717, 1.165) is 26.7 Å². The molecule has 1 aromatic carbocycles. The van der Waals surface area contributed by atoms with Gasteiger partial charge < -0.3 is 20.2 Å². The van der Waals surface area contributed by atoms with Crippen molar-refractivity contribution in [1.82, 2.24) is 19.4 Å². The van der Waals surface area contributed by atoms with E-state index in [9.17, 15) is 29.1 Å². The summed E-state index contributed by atoms with van der Waals surface area (Å²) in [6, 6.07) is 5.84. The van der Waals surface area contributed by atoms with Crippen LogP contribution in [-0.4, -0.2) is 79.0 Å². The van der Waals surface area contributed by atoms with Gasteiger partial charge in [-0.3, -0.25) is 14.4 Å². The Labute approximate surface area is 195 Å². The number of β-lactam (4-membered cyclic amide) rings is 1. The normalized spacial score (nSPS) is 22.8. The van der Waals surface area contributed by atoms with Gasteiger partial charge in [0.25, 0.3) is 5.91 Å². The molecular weight excluding hydrogens is 448 g/mol. The van der Waals surface area contributed by atoms with Crippen LogP contribution < -0.4 is 5.32 Å². The van der Waals surface area contributed by atoms with Crippen LogP contribution in [0, 0.1) is 0 Å². The third-order valence-corrected chi connectivity index (χ3v) is 7.05. The Hall–Kier alpha value is -3.34. The average molecular weight is 475 g/mol. The number of urea groups is 1. The van der Waals surface area contributed by atoms with Crippen molar-refractivity contribution < 1.29 is 29.1 Å². The Morgan fingerprint density at radius 1 is 1.21 bits per heavy atom. The molecule has 11 heteroatoms. The van der Waals surface area contributed by atoms with Crippen molar-refractivity contribution >= 4 is 41.7 Å². The van der Waals surface area contributed by atoms with Crippen LogP contribution >= 0.6 is 11.9 Å². The van der Waals surface area contributed by atoms with E-state index in [-0.39, 0.29) is 12.0 Å². The second-order valence-electron chi connectivity index (χ2n) is 8.54. The van der Waals surface area contributed by atoms with Gasteiger partial charge in [-0.25, -0.2) is 13.9 Å². The molecule has 2 aliphatic rings. The molecule has 0 saturated carbocycles. The highest BCUT2D eigenvalue weighted by Crippen LogP contribution is 2.40.